The number of esters is 1. The number of ether oxygens (including phenoxy) is 1. The number of hydrogen-bond acceptors (Lipinski definition) is 5. The summed E-state index contributed by atoms with van der Waals surface area (Å²) >= 11 is 0. The molecule has 2 N–H and O–H groups in total. The van der Waals surface area contributed by atoms with E-state index in [4.69, 9.17) is 4.74 Å². The quantitative estimate of drug-likeness (QED) is 0.385. The van der Waals surface area contributed by atoms with Crippen molar-refractivity contribution in [2.45, 2.75) is 63.8 Å². The molecular formula is C22H29N3O5. The van der Waals surface area contributed by atoms with Crippen molar-refractivity contribution in [1.82, 2.24) is 10.2 Å². The molecule has 3 rings (SSSR count). The molecule has 1 aliphatic heterocycles. The number of carbonyl (C=O) groups is 4. The first kappa shape index (κ1) is 21.8. The molecule has 2 fully saturated rings. The predicted molar refractivity (Wildman–Crippen MR) is 111 cm³/mol. The van der Waals surface area contributed by atoms with Gasteiger partial charge in [-0.15, -0.1) is 0 Å². The molecule has 8 nitrogen and oxygen atoms in total. The van der Waals surface area contributed by atoms with Gasteiger partial charge in [0.25, 0.3) is 5.91 Å². The number of carbonyl (C=O) groups excluding carboxylic acids is 4. The number of imide groups is 1. The predicted octanol–water partition coefficient (Wildman–Crippen LogP) is 3.23. The first-order valence-electron chi connectivity index (χ1n) is 10.7. The Balaban J connectivity index is 1.48. The topological polar surface area (TPSA) is 105 Å². The molecule has 30 heavy (non-hydrogen) atoms. The highest BCUT2D eigenvalue weighted by atomic mass is 16.5. The van der Waals surface area contributed by atoms with Crippen molar-refractivity contribution in [2.24, 2.45) is 0 Å². The summed E-state index contributed by atoms with van der Waals surface area (Å²) in [6.45, 7) is 2.45. The van der Waals surface area contributed by atoms with Crippen LogP contribution in [0.4, 0.5) is 10.5 Å². The maximum absolute atomic E-state index is 12.7. The van der Waals surface area contributed by atoms with Gasteiger partial charge in [0.1, 0.15) is 5.54 Å². The SMILES string of the molecule is CCCCOC(=O)c1ccc(NC(=O)CCN2C(=O)NC3(CCCCC3)C2=O)cc1. The van der Waals surface area contributed by atoms with E-state index < -0.39 is 17.5 Å². The van der Waals surface area contributed by atoms with Crippen LogP contribution in [-0.2, 0) is 14.3 Å². The van der Waals surface area contributed by atoms with Crippen LogP contribution in [0, 0.1) is 0 Å². The lowest BCUT2D eigenvalue weighted by molar-refractivity contribution is -0.132. The van der Waals surface area contributed by atoms with Gasteiger partial charge in [0.2, 0.25) is 5.91 Å². The Morgan fingerprint density at radius 3 is 2.50 bits per heavy atom. The highest BCUT2D eigenvalue weighted by molar-refractivity contribution is 6.07. The van der Waals surface area contributed by atoms with Crippen LogP contribution in [0.2, 0.25) is 0 Å². The summed E-state index contributed by atoms with van der Waals surface area (Å²) in [6, 6.07) is 6.01. The Morgan fingerprint density at radius 1 is 1.13 bits per heavy atom. The van der Waals surface area contributed by atoms with Crippen LogP contribution >= 0.6 is 0 Å². The number of amides is 4. The molecule has 0 unspecified atom stereocenters. The zero-order chi connectivity index (χ0) is 21.6. The number of anilines is 1. The zero-order valence-corrected chi connectivity index (χ0v) is 17.4. The maximum atomic E-state index is 12.7. The second-order valence-electron chi connectivity index (χ2n) is 7.89. The molecule has 4 amide bonds. The van der Waals surface area contributed by atoms with E-state index in [0.717, 1.165) is 37.0 Å². The van der Waals surface area contributed by atoms with E-state index in [9.17, 15) is 19.2 Å². The fraction of sp³-hybridized carbons (Fsp3) is 0.545. The largest absolute Gasteiger partial charge is 0.462 e. The van der Waals surface area contributed by atoms with E-state index in [2.05, 4.69) is 10.6 Å². The van der Waals surface area contributed by atoms with Crippen molar-refractivity contribution < 1.29 is 23.9 Å². The first-order valence-corrected chi connectivity index (χ1v) is 10.7. The van der Waals surface area contributed by atoms with Gasteiger partial charge in [-0.3, -0.25) is 14.5 Å². The molecule has 0 atom stereocenters. The van der Waals surface area contributed by atoms with Gasteiger partial charge >= 0.3 is 12.0 Å². The number of benzene rings is 1. The average Bonchev–Trinajstić information content (AvgIpc) is 2.96. The van der Waals surface area contributed by atoms with Crippen molar-refractivity contribution in [3.63, 3.8) is 0 Å². The van der Waals surface area contributed by atoms with E-state index >= 15 is 0 Å². The molecule has 1 aromatic rings. The van der Waals surface area contributed by atoms with Crippen LogP contribution in [-0.4, -0.2) is 47.4 Å². The molecular weight excluding hydrogens is 386 g/mol. The average molecular weight is 415 g/mol. The molecule has 1 saturated heterocycles. The number of rotatable bonds is 8. The van der Waals surface area contributed by atoms with Gasteiger partial charge < -0.3 is 15.4 Å². The van der Waals surface area contributed by atoms with Crippen molar-refractivity contribution in [3.05, 3.63) is 29.8 Å². The van der Waals surface area contributed by atoms with Gasteiger partial charge in [-0.2, -0.15) is 0 Å². The maximum Gasteiger partial charge on any atom is 0.338 e. The highest BCUT2D eigenvalue weighted by Crippen LogP contribution is 2.33. The van der Waals surface area contributed by atoms with Crippen LogP contribution in [0.5, 0.6) is 0 Å². The number of hydrogen-bond donors (Lipinski definition) is 2. The van der Waals surface area contributed by atoms with Crippen LogP contribution in [0.3, 0.4) is 0 Å². The third-order valence-corrected chi connectivity index (χ3v) is 5.65. The van der Waals surface area contributed by atoms with Gasteiger partial charge in [0.15, 0.2) is 0 Å². The molecule has 1 aliphatic carbocycles. The Labute approximate surface area is 176 Å². The van der Waals surface area contributed by atoms with Gasteiger partial charge in [-0.25, -0.2) is 9.59 Å². The third-order valence-electron chi connectivity index (χ3n) is 5.65. The Hall–Kier alpha value is -2.90. The van der Waals surface area contributed by atoms with Crippen LogP contribution in [0.1, 0.15) is 68.6 Å². The van der Waals surface area contributed by atoms with Crippen LogP contribution in [0.25, 0.3) is 0 Å². The standard InChI is InChI=1S/C22H29N3O5/c1-2-3-15-30-19(27)16-7-9-17(10-8-16)23-18(26)11-14-25-20(28)22(24-21(25)29)12-5-4-6-13-22/h7-10H,2-6,11-15H2,1H3,(H,23,26)(H,24,29). The highest BCUT2D eigenvalue weighted by Gasteiger charge is 2.51. The van der Waals surface area contributed by atoms with Crippen molar-refractivity contribution in [1.29, 1.82) is 0 Å². The summed E-state index contributed by atoms with van der Waals surface area (Å²) in [6.07, 6.45) is 6.01. The number of nitrogens with one attached hydrogen (secondary N) is 2. The van der Waals surface area contributed by atoms with Gasteiger partial charge in [-0.05, 0) is 43.5 Å². The summed E-state index contributed by atoms with van der Waals surface area (Å²) in [7, 11) is 0. The van der Waals surface area contributed by atoms with E-state index in [1.807, 2.05) is 6.92 Å². The molecule has 0 radical (unpaired) electrons. The summed E-state index contributed by atoms with van der Waals surface area (Å²) in [4.78, 5) is 50.3. The normalized spacial score (nSPS) is 17.7. The second-order valence-corrected chi connectivity index (χ2v) is 7.89. The van der Waals surface area contributed by atoms with Crippen molar-refractivity contribution >= 4 is 29.5 Å². The van der Waals surface area contributed by atoms with Crippen LogP contribution in [0.15, 0.2) is 24.3 Å². The smallest absolute Gasteiger partial charge is 0.338 e. The Bertz CT molecular complexity index is 799. The summed E-state index contributed by atoms with van der Waals surface area (Å²) < 4.78 is 5.15. The minimum Gasteiger partial charge on any atom is -0.462 e. The minimum absolute atomic E-state index is 0.00997. The lowest BCUT2D eigenvalue weighted by atomic mass is 9.82. The second kappa shape index (κ2) is 9.73. The van der Waals surface area contributed by atoms with Crippen LogP contribution < -0.4 is 10.6 Å². The minimum atomic E-state index is -0.770. The number of urea groups is 1. The molecule has 2 aliphatic rings. The molecule has 1 aromatic carbocycles. The molecule has 162 valence electrons. The Kier molecular flexibility index (Phi) is 7.07. The molecule has 1 heterocycles. The van der Waals surface area contributed by atoms with E-state index in [0.29, 0.717) is 30.7 Å². The van der Waals surface area contributed by atoms with E-state index in [-0.39, 0.29) is 24.8 Å². The molecule has 1 saturated carbocycles. The molecule has 0 bridgehead atoms. The van der Waals surface area contributed by atoms with Gasteiger partial charge in [0, 0.05) is 18.7 Å². The summed E-state index contributed by atoms with van der Waals surface area (Å²) in [5.74, 6) is -0.916. The van der Waals surface area contributed by atoms with Gasteiger partial charge in [-0.1, -0.05) is 32.6 Å². The Morgan fingerprint density at radius 2 is 1.83 bits per heavy atom. The third kappa shape index (κ3) is 4.98. The zero-order valence-electron chi connectivity index (χ0n) is 17.4. The van der Waals surface area contributed by atoms with Gasteiger partial charge in [0.05, 0.1) is 12.2 Å². The summed E-state index contributed by atoms with van der Waals surface area (Å²) in [5.41, 5.74) is 0.181. The monoisotopic (exact) mass is 415 g/mol. The molecule has 0 aromatic heterocycles. The van der Waals surface area contributed by atoms with Crippen molar-refractivity contribution in [2.75, 3.05) is 18.5 Å². The number of nitrogens with zero attached hydrogens (tertiary/aromatic N) is 1. The molecule has 8 heteroatoms. The fourth-order valence-electron chi connectivity index (χ4n) is 3.89. The van der Waals surface area contributed by atoms with E-state index in [1.165, 1.54) is 0 Å². The fourth-order valence-corrected chi connectivity index (χ4v) is 3.89. The lowest BCUT2D eigenvalue weighted by Crippen LogP contribution is -2.48. The summed E-state index contributed by atoms with van der Waals surface area (Å²) in [5, 5.41) is 5.56. The van der Waals surface area contributed by atoms with Crippen molar-refractivity contribution in [3.8, 4) is 0 Å². The molecule has 1 spiro atoms. The van der Waals surface area contributed by atoms with E-state index in [1.54, 1.807) is 24.3 Å². The lowest BCUT2D eigenvalue weighted by Gasteiger charge is -2.30. The first-order chi connectivity index (χ1) is 14.4. The number of unbranched alkanes of at least 4 members (excludes halogenated alkanes) is 1.